The van der Waals surface area contributed by atoms with Gasteiger partial charge < -0.3 is 25.3 Å². The highest BCUT2D eigenvalue weighted by atomic mass is 19.1. The van der Waals surface area contributed by atoms with Crippen molar-refractivity contribution in [2.24, 2.45) is 10.7 Å². The lowest BCUT2D eigenvalue weighted by Gasteiger charge is -2.37. The molecule has 1 amide bonds. The number of nitrogens with two attached hydrogens (primary N) is 1. The number of amides is 1. The lowest BCUT2D eigenvalue weighted by atomic mass is 10.2. The summed E-state index contributed by atoms with van der Waals surface area (Å²) in [5.41, 5.74) is 6.20. The molecule has 8 heteroatoms. The Morgan fingerprint density at radius 3 is 2.46 bits per heavy atom. The van der Waals surface area contributed by atoms with Crippen LogP contribution < -0.4 is 16.0 Å². The van der Waals surface area contributed by atoms with E-state index in [0.717, 1.165) is 37.8 Å². The second kappa shape index (κ2) is 7.90. The van der Waals surface area contributed by atoms with E-state index in [1.807, 2.05) is 0 Å². The molecule has 0 bridgehead atoms. The Kier molecular flexibility index (Phi) is 5.40. The first-order valence-electron chi connectivity index (χ1n) is 8.41. The zero-order valence-electron chi connectivity index (χ0n) is 14.6. The van der Waals surface area contributed by atoms with Crippen molar-refractivity contribution in [3.63, 3.8) is 0 Å². The zero-order chi connectivity index (χ0) is 18.5. The number of anilines is 1. The summed E-state index contributed by atoms with van der Waals surface area (Å²) in [6.45, 7) is 3.64. The van der Waals surface area contributed by atoms with E-state index in [0.29, 0.717) is 12.3 Å². The number of halogens is 1. The van der Waals surface area contributed by atoms with Gasteiger partial charge in [0.15, 0.2) is 11.7 Å². The van der Waals surface area contributed by atoms with Gasteiger partial charge in [0, 0.05) is 38.9 Å². The molecule has 1 saturated heterocycles. The molecule has 26 heavy (non-hydrogen) atoms. The Morgan fingerprint density at radius 1 is 1.19 bits per heavy atom. The van der Waals surface area contributed by atoms with Crippen LogP contribution in [-0.2, 0) is 6.54 Å². The van der Waals surface area contributed by atoms with E-state index in [1.54, 1.807) is 31.3 Å². The third-order valence-corrected chi connectivity index (χ3v) is 4.31. The molecule has 0 saturated carbocycles. The molecular weight excluding hydrogens is 337 g/mol. The summed E-state index contributed by atoms with van der Waals surface area (Å²) in [5.74, 6) is 0.710. The topological polar surface area (TPSA) is 87.1 Å². The Bertz CT molecular complexity index is 779. The van der Waals surface area contributed by atoms with E-state index in [1.165, 1.54) is 12.1 Å². The number of furan rings is 1. The van der Waals surface area contributed by atoms with E-state index in [9.17, 15) is 9.18 Å². The molecular formula is C18H22FN5O2. The quantitative estimate of drug-likeness (QED) is 0.637. The van der Waals surface area contributed by atoms with Crippen LogP contribution in [0.25, 0.3) is 0 Å². The van der Waals surface area contributed by atoms with Crippen molar-refractivity contribution in [2.75, 3.05) is 38.1 Å². The minimum absolute atomic E-state index is 0.143. The number of piperazine rings is 1. The van der Waals surface area contributed by atoms with Crippen molar-refractivity contribution in [3.8, 4) is 0 Å². The molecule has 0 unspecified atom stereocenters. The molecule has 2 aromatic rings. The minimum Gasteiger partial charge on any atom is -0.454 e. The van der Waals surface area contributed by atoms with Gasteiger partial charge in [-0.3, -0.25) is 9.79 Å². The number of benzene rings is 1. The number of carbonyl (C=O) groups is 1. The van der Waals surface area contributed by atoms with Crippen molar-refractivity contribution in [2.45, 2.75) is 6.54 Å². The fourth-order valence-corrected chi connectivity index (χ4v) is 2.93. The summed E-state index contributed by atoms with van der Waals surface area (Å²) in [7, 11) is 1.73. The third kappa shape index (κ3) is 4.14. The zero-order valence-corrected chi connectivity index (χ0v) is 14.6. The Morgan fingerprint density at radius 2 is 1.88 bits per heavy atom. The molecule has 7 nitrogen and oxygen atoms in total. The summed E-state index contributed by atoms with van der Waals surface area (Å²) in [6, 6.07) is 9.82. The molecule has 2 heterocycles. The van der Waals surface area contributed by atoms with Crippen LogP contribution in [0, 0.1) is 5.82 Å². The van der Waals surface area contributed by atoms with Crippen LogP contribution in [0.15, 0.2) is 45.8 Å². The maximum atomic E-state index is 13.1. The maximum absolute atomic E-state index is 13.1. The fraction of sp³-hybridized carbons (Fsp3) is 0.333. The number of nitrogens with zero attached hydrogens (tertiary/aromatic N) is 3. The van der Waals surface area contributed by atoms with Crippen LogP contribution in [0.5, 0.6) is 0 Å². The lowest BCUT2D eigenvalue weighted by molar-refractivity contribution is 0.0972. The second-order valence-electron chi connectivity index (χ2n) is 5.98. The van der Waals surface area contributed by atoms with Crippen LogP contribution in [-0.4, -0.2) is 50.0 Å². The van der Waals surface area contributed by atoms with E-state index >= 15 is 0 Å². The number of hydrogen-bond donors (Lipinski definition) is 2. The molecule has 0 radical (unpaired) electrons. The molecule has 3 rings (SSSR count). The van der Waals surface area contributed by atoms with Crippen LogP contribution in [0.1, 0.15) is 16.3 Å². The molecule has 0 atom stereocenters. The standard InChI is InChI=1S/C18H22FN5O2/c1-21-18(22-12-15-6-7-16(26-15)17(20)25)24-10-8-23(9-11-24)14-4-2-13(19)3-5-14/h2-7H,8-12H2,1H3,(H2,20,25)(H,21,22). The number of hydrogen-bond acceptors (Lipinski definition) is 4. The smallest absolute Gasteiger partial charge is 0.284 e. The van der Waals surface area contributed by atoms with E-state index in [2.05, 4.69) is 20.1 Å². The van der Waals surface area contributed by atoms with Gasteiger partial charge in [-0.15, -0.1) is 0 Å². The van der Waals surface area contributed by atoms with Gasteiger partial charge >= 0.3 is 0 Å². The predicted molar refractivity (Wildman–Crippen MR) is 97.6 cm³/mol. The van der Waals surface area contributed by atoms with Crippen LogP contribution in [0.2, 0.25) is 0 Å². The molecule has 1 aromatic carbocycles. The molecule has 1 aliphatic heterocycles. The summed E-state index contributed by atoms with van der Waals surface area (Å²) in [4.78, 5) is 19.7. The number of aliphatic imine (C=N–C) groups is 1. The highest BCUT2D eigenvalue weighted by Gasteiger charge is 2.20. The van der Waals surface area contributed by atoms with Crippen molar-refractivity contribution in [1.29, 1.82) is 0 Å². The summed E-state index contributed by atoms with van der Waals surface area (Å²) in [5, 5.41) is 3.23. The van der Waals surface area contributed by atoms with Gasteiger partial charge in [-0.2, -0.15) is 0 Å². The minimum atomic E-state index is -0.586. The average molecular weight is 359 g/mol. The number of rotatable bonds is 4. The first-order valence-corrected chi connectivity index (χ1v) is 8.41. The van der Waals surface area contributed by atoms with Crippen molar-refractivity contribution in [3.05, 3.63) is 53.7 Å². The SMILES string of the molecule is CN=C(NCc1ccc(C(N)=O)o1)N1CCN(c2ccc(F)cc2)CC1. The summed E-state index contributed by atoms with van der Waals surface area (Å²) in [6.07, 6.45) is 0. The van der Waals surface area contributed by atoms with Gasteiger partial charge in [0.05, 0.1) is 6.54 Å². The molecule has 0 spiro atoms. The molecule has 1 fully saturated rings. The Labute approximate surface area is 151 Å². The average Bonchev–Trinajstić information content (AvgIpc) is 3.13. The van der Waals surface area contributed by atoms with Gasteiger partial charge in [0.25, 0.3) is 5.91 Å². The number of nitrogens with one attached hydrogen (secondary N) is 1. The first-order chi connectivity index (χ1) is 12.6. The van der Waals surface area contributed by atoms with Crippen molar-refractivity contribution >= 4 is 17.6 Å². The fourth-order valence-electron chi connectivity index (χ4n) is 2.93. The predicted octanol–water partition coefficient (Wildman–Crippen LogP) is 1.42. The van der Waals surface area contributed by atoms with Gasteiger partial charge in [-0.05, 0) is 36.4 Å². The van der Waals surface area contributed by atoms with Crippen molar-refractivity contribution in [1.82, 2.24) is 10.2 Å². The molecule has 3 N–H and O–H groups in total. The van der Waals surface area contributed by atoms with Gasteiger partial charge in [0.1, 0.15) is 11.6 Å². The monoisotopic (exact) mass is 359 g/mol. The summed E-state index contributed by atoms with van der Waals surface area (Å²) >= 11 is 0. The van der Waals surface area contributed by atoms with Crippen LogP contribution >= 0.6 is 0 Å². The first kappa shape index (κ1) is 17.8. The number of primary amides is 1. The highest BCUT2D eigenvalue weighted by Crippen LogP contribution is 2.17. The largest absolute Gasteiger partial charge is 0.454 e. The van der Waals surface area contributed by atoms with Gasteiger partial charge in [-0.1, -0.05) is 0 Å². The highest BCUT2D eigenvalue weighted by molar-refractivity contribution is 5.89. The summed E-state index contributed by atoms with van der Waals surface area (Å²) < 4.78 is 18.4. The molecule has 1 aliphatic rings. The van der Waals surface area contributed by atoms with Crippen LogP contribution in [0.4, 0.5) is 10.1 Å². The molecule has 1 aromatic heterocycles. The number of guanidine groups is 1. The van der Waals surface area contributed by atoms with Gasteiger partial charge in [-0.25, -0.2) is 4.39 Å². The van der Waals surface area contributed by atoms with E-state index < -0.39 is 5.91 Å². The van der Waals surface area contributed by atoms with Gasteiger partial charge in [0.2, 0.25) is 0 Å². The Balaban J connectivity index is 1.53. The van der Waals surface area contributed by atoms with Crippen LogP contribution in [0.3, 0.4) is 0 Å². The van der Waals surface area contributed by atoms with E-state index in [-0.39, 0.29) is 11.6 Å². The van der Waals surface area contributed by atoms with Crippen molar-refractivity contribution < 1.29 is 13.6 Å². The lowest BCUT2D eigenvalue weighted by Crippen LogP contribution is -2.52. The second-order valence-corrected chi connectivity index (χ2v) is 5.98. The molecule has 0 aliphatic carbocycles. The number of carbonyl (C=O) groups excluding carboxylic acids is 1. The van der Waals surface area contributed by atoms with E-state index in [4.69, 9.17) is 10.2 Å². The normalized spacial score (nSPS) is 15.2. The molecule has 138 valence electrons. The Hall–Kier alpha value is -3.03. The maximum Gasteiger partial charge on any atom is 0.284 e. The third-order valence-electron chi connectivity index (χ3n) is 4.31.